The van der Waals surface area contributed by atoms with E-state index in [1.54, 1.807) is 23.7 Å². The summed E-state index contributed by atoms with van der Waals surface area (Å²) in [5.41, 5.74) is 1.35. The van der Waals surface area contributed by atoms with E-state index in [0.29, 0.717) is 0 Å². The number of hydrogen-bond donors (Lipinski definition) is 0. The van der Waals surface area contributed by atoms with E-state index in [9.17, 15) is 0 Å². The Kier molecular flexibility index (Phi) is 4.29. The van der Waals surface area contributed by atoms with Crippen LogP contribution < -0.4 is 4.90 Å². The van der Waals surface area contributed by atoms with E-state index < -0.39 is 0 Å². The summed E-state index contributed by atoms with van der Waals surface area (Å²) < 4.78 is 6.28. The zero-order valence-corrected chi connectivity index (χ0v) is 14.0. The van der Waals surface area contributed by atoms with Crippen molar-refractivity contribution in [2.75, 3.05) is 37.7 Å². The maximum absolute atomic E-state index is 6.28. The quantitative estimate of drug-likeness (QED) is 0.864. The highest BCUT2D eigenvalue weighted by molar-refractivity contribution is 7.07. The van der Waals surface area contributed by atoms with Crippen molar-refractivity contribution in [3.05, 3.63) is 41.0 Å². The van der Waals surface area contributed by atoms with Crippen molar-refractivity contribution in [1.82, 2.24) is 14.9 Å². The van der Waals surface area contributed by atoms with Gasteiger partial charge in [-0.1, -0.05) is 0 Å². The first-order valence-corrected chi connectivity index (χ1v) is 9.16. The van der Waals surface area contributed by atoms with Crippen LogP contribution in [0.15, 0.2) is 35.4 Å². The van der Waals surface area contributed by atoms with Crippen LogP contribution in [-0.2, 0) is 11.3 Å². The van der Waals surface area contributed by atoms with Crippen LogP contribution in [0.1, 0.15) is 18.4 Å². The number of morpholine rings is 1. The number of ether oxygens (including phenoxy) is 1. The molecule has 0 bridgehead atoms. The molecule has 4 heterocycles. The van der Waals surface area contributed by atoms with Gasteiger partial charge in [0.25, 0.3) is 0 Å². The topological polar surface area (TPSA) is 41.5 Å². The predicted octanol–water partition coefficient (Wildman–Crippen LogP) is 2.41. The number of rotatable bonds is 3. The molecule has 0 radical (unpaired) electrons. The normalized spacial score (nSPS) is 25.8. The number of thiophene rings is 1. The van der Waals surface area contributed by atoms with Crippen LogP contribution in [0, 0.1) is 0 Å². The molecule has 2 aliphatic rings. The minimum absolute atomic E-state index is 0.0654. The van der Waals surface area contributed by atoms with Crippen molar-refractivity contribution in [3.8, 4) is 0 Å². The summed E-state index contributed by atoms with van der Waals surface area (Å²) in [6.45, 7) is 5.81. The van der Waals surface area contributed by atoms with Crippen molar-refractivity contribution >= 4 is 17.2 Å². The predicted molar refractivity (Wildman–Crippen MR) is 91.8 cm³/mol. The van der Waals surface area contributed by atoms with E-state index in [1.165, 1.54) is 5.56 Å². The maximum atomic E-state index is 6.28. The third kappa shape index (κ3) is 3.39. The highest BCUT2D eigenvalue weighted by Crippen LogP contribution is 2.31. The van der Waals surface area contributed by atoms with Gasteiger partial charge in [0.1, 0.15) is 5.82 Å². The van der Waals surface area contributed by atoms with Crippen molar-refractivity contribution < 1.29 is 4.74 Å². The first-order valence-electron chi connectivity index (χ1n) is 8.21. The second-order valence-electron chi connectivity index (χ2n) is 6.46. The highest BCUT2D eigenvalue weighted by atomic mass is 32.1. The van der Waals surface area contributed by atoms with Gasteiger partial charge in [-0.3, -0.25) is 9.88 Å². The van der Waals surface area contributed by atoms with E-state index in [1.807, 2.05) is 6.20 Å². The molecule has 2 fully saturated rings. The summed E-state index contributed by atoms with van der Waals surface area (Å²) in [5.74, 6) is 0.963. The van der Waals surface area contributed by atoms with Gasteiger partial charge in [0.15, 0.2) is 0 Å². The Labute approximate surface area is 140 Å². The Bertz CT molecular complexity index is 617. The van der Waals surface area contributed by atoms with E-state index in [2.05, 4.69) is 36.6 Å². The zero-order chi connectivity index (χ0) is 15.5. The van der Waals surface area contributed by atoms with E-state index in [4.69, 9.17) is 4.74 Å². The second-order valence-corrected chi connectivity index (χ2v) is 7.24. The summed E-state index contributed by atoms with van der Waals surface area (Å²) in [4.78, 5) is 13.5. The lowest BCUT2D eigenvalue weighted by Crippen LogP contribution is -2.59. The lowest BCUT2D eigenvalue weighted by Gasteiger charge is -2.48. The van der Waals surface area contributed by atoms with E-state index in [-0.39, 0.29) is 5.60 Å². The smallest absolute Gasteiger partial charge is 0.147 e. The number of aromatic nitrogens is 2. The molecule has 5 nitrogen and oxygen atoms in total. The largest absolute Gasteiger partial charge is 0.370 e. The van der Waals surface area contributed by atoms with Gasteiger partial charge in [0.05, 0.1) is 18.4 Å². The Morgan fingerprint density at radius 3 is 3.09 bits per heavy atom. The van der Waals surface area contributed by atoms with Crippen LogP contribution in [0.25, 0.3) is 0 Å². The van der Waals surface area contributed by atoms with Gasteiger partial charge in [0, 0.05) is 45.1 Å². The third-order valence-electron chi connectivity index (χ3n) is 4.73. The molecule has 0 aliphatic carbocycles. The summed E-state index contributed by atoms with van der Waals surface area (Å²) >= 11 is 1.77. The molecule has 0 saturated carbocycles. The molecule has 2 aromatic rings. The molecule has 1 spiro atoms. The number of nitrogens with zero attached hydrogens (tertiary/aromatic N) is 4. The third-order valence-corrected chi connectivity index (χ3v) is 5.46. The second kappa shape index (κ2) is 6.55. The van der Waals surface area contributed by atoms with Gasteiger partial charge in [-0.25, -0.2) is 4.98 Å². The minimum atomic E-state index is -0.0654. The Morgan fingerprint density at radius 1 is 1.26 bits per heavy atom. The number of piperidine rings is 1. The molecule has 2 aliphatic heterocycles. The van der Waals surface area contributed by atoms with Gasteiger partial charge >= 0.3 is 0 Å². The highest BCUT2D eigenvalue weighted by Gasteiger charge is 2.40. The molecule has 122 valence electrons. The molecule has 2 aromatic heterocycles. The molecular formula is C17H22N4OS. The average Bonchev–Trinajstić information content (AvgIpc) is 3.09. The van der Waals surface area contributed by atoms with Crippen molar-refractivity contribution in [2.45, 2.75) is 25.0 Å². The van der Waals surface area contributed by atoms with Crippen LogP contribution in [0.3, 0.4) is 0 Å². The lowest BCUT2D eigenvalue weighted by atomic mass is 9.90. The molecule has 0 aromatic carbocycles. The zero-order valence-electron chi connectivity index (χ0n) is 13.2. The summed E-state index contributed by atoms with van der Waals surface area (Å²) in [6, 6.07) is 2.22. The fraction of sp³-hybridized carbons (Fsp3) is 0.529. The van der Waals surface area contributed by atoms with Gasteiger partial charge < -0.3 is 9.64 Å². The molecular weight excluding hydrogens is 308 g/mol. The van der Waals surface area contributed by atoms with Crippen molar-refractivity contribution in [3.63, 3.8) is 0 Å². The van der Waals surface area contributed by atoms with E-state index in [0.717, 1.165) is 58.0 Å². The van der Waals surface area contributed by atoms with E-state index >= 15 is 0 Å². The van der Waals surface area contributed by atoms with Crippen molar-refractivity contribution in [2.24, 2.45) is 0 Å². The molecule has 4 rings (SSSR count). The monoisotopic (exact) mass is 330 g/mol. The standard InChI is InChI=1S/C17H22N4OS/c1-3-17(14-21(6-1)16-10-18-4-5-19-16)13-20(7-8-22-17)11-15-2-9-23-12-15/h2,4-5,9-10,12H,1,3,6-8,11,13-14H2. The Morgan fingerprint density at radius 2 is 2.26 bits per heavy atom. The SMILES string of the molecule is c1cnc(N2CCCC3(CN(Cc4ccsc4)CCO3)C2)cn1. The maximum Gasteiger partial charge on any atom is 0.147 e. The van der Waals surface area contributed by atoms with Crippen LogP contribution in [0.2, 0.25) is 0 Å². The molecule has 23 heavy (non-hydrogen) atoms. The van der Waals surface area contributed by atoms with Crippen LogP contribution in [0.4, 0.5) is 5.82 Å². The summed E-state index contributed by atoms with van der Waals surface area (Å²) in [7, 11) is 0. The fourth-order valence-electron chi connectivity index (χ4n) is 3.69. The summed E-state index contributed by atoms with van der Waals surface area (Å²) in [6.07, 6.45) is 7.61. The first-order chi connectivity index (χ1) is 11.3. The molecule has 6 heteroatoms. The van der Waals surface area contributed by atoms with Gasteiger partial charge in [-0.05, 0) is 35.2 Å². The first kappa shape index (κ1) is 15.1. The van der Waals surface area contributed by atoms with Crippen LogP contribution in [-0.4, -0.2) is 53.3 Å². The molecule has 0 amide bonds. The van der Waals surface area contributed by atoms with Crippen LogP contribution >= 0.6 is 11.3 Å². The van der Waals surface area contributed by atoms with Crippen molar-refractivity contribution in [1.29, 1.82) is 0 Å². The lowest BCUT2D eigenvalue weighted by molar-refractivity contribution is -0.116. The molecule has 2 saturated heterocycles. The van der Waals surface area contributed by atoms with Gasteiger partial charge in [0.2, 0.25) is 0 Å². The van der Waals surface area contributed by atoms with Gasteiger partial charge in [-0.15, -0.1) is 0 Å². The average molecular weight is 330 g/mol. The molecule has 1 atom stereocenters. The molecule has 1 unspecified atom stereocenters. The Hall–Kier alpha value is -1.50. The minimum Gasteiger partial charge on any atom is -0.370 e. The number of hydrogen-bond acceptors (Lipinski definition) is 6. The van der Waals surface area contributed by atoms with Gasteiger partial charge in [-0.2, -0.15) is 11.3 Å². The fourth-order valence-corrected chi connectivity index (χ4v) is 4.35. The number of anilines is 1. The Balaban J connectivity index is 1.46. The molecule has 0 N–H and O–H groups in total. The summed E-state index contributed by atoms with van der Waals surface area (Å²) in [5, 5.41) is 4.40. The van der Waals surface area contributed by atoms with Crippen LogP contribution in [0.5, 0.6) is 0 Å².